The van der Waals surface area contributed by atoms with Crippen LogP contribution in [-0.2, 0) is 28.8 Å². The number of aliphatic hydroxyl groups excluding tert-OH is 1. The molecular formula is C18H31N5O9. The number of carbonyl (C=O) groups excluding carboxylic acids is 4. The third kappa shape index (κ3) is 10.2. The van der Waals surface area contributed by atoms with Gasteiger partial charge in [-0.1, -0.05) is 20.3 Å². The molecule has 0 aliphatic heterocycles. The summed E-state index contributed by atoms with van der Waals surface area (Å²) < 4.78 is 0. The van der Waals surface area contributed by atoms with Crippen molar-refractivity contribution in [1.29, 1.82) is 0 Å². The smallest absolute Gasteiger partial charge is 0.326 e. The van der Waals surface area contributed by atoms with Crippen molar-refractivity contribution in [3.8, 4) is 0 Å². The van der Waals surface area contributed by atoms with E-state index in [1.165, 1.54) is 0 Å². The van der Waals surface area contributed by atoms with Crippen molar-refractivity contribution in [1.82, 2.24) is 16.0 Å². The summed E-state index contributed by atoms with van der Waals surface area (Å²) in [6.45, 7) is 2.55. The van der Waals surface area contributed by atoms with Crippen molar-refractivity contribution >= 4 is 35.6 Å². The molecule has 0 aromatic rings. The number of carbonyl (C=O) groups is 6. The van der Waals surface area contributed by atoms with Crippen LogP contribution in [0.5, 0.6) is 0 Å². The largest absolute Gasteiger partial charge is 0.481 e. The van der Waals surface area contributed by atoms with Gasteiger partial charge in [-0.25, -0.2) is 4.79 Å². The molecule has 10 N–H and O–H groups in total. The van der Waals surface area contributed by atoms with Crippen molar-refractivity contribution < 1.29 is 44.1 Å². The fourth-order valence-electron chi connectivity index (χ4n) is 2.51. The number of aliphatic carboxylic acids is 2. The van der Waals surface area contributed by atoms with Crippen LogP contribution in [0, 0.1) is 5.92 Å². The lowest BCUT2D eigenvalue weighted by Crippen LogP contribution is -2.59. The topological polar surface area (TPSA) is 251 Å². The van der Waals surface area contributed by atoms with Crippen LogP contribution in [0.15, 0.2) is 0 Å². The summed E-state index contributed by atoms with van der Waals surface area (Å²) in [7, 11) is 0. The number of carboxylic acid groups (broad SMARTS) is 2. The van der Waals surface area contributed by atoms with Crippen molar-refractivity contribution in [3.05, 3.63) is 0 Å². The van der Waals surface area contributed by atoms with Gasteiger partial charge in [0.15, 0.2) is 0 Å². The molecule has 32 heavy (non-hydrogen) atoms. The molecule has 0 saturated heterocycles. The van der Waals surface area contributed by atoms with E-state index in [1.807, 2.05) is 0 Å². The number of amides is 4. The van der Waals surface area contributed by atoms with Crippen molar-refractivity contribution in [2.75, 3.05) is 6.61 Å². The lowest BCUT2D eigenvalue weighted by Gasteiger charge is -2.27. The van der Waals surface area contributed by atoms with Crippen LogP contribution in [0.4, 0.5) is 0 Å². The summed E-state index contributed by atoms with van der Waals surface area (Å²) in [5.41, 5.74) is 10.4. The summed E-state index contributed by atoms with van der Waals surface area (Å²) in [6, 6.07) is -5.73. The molecule has 0 rings (SSSR count). The second-order valence-electron chi connectivity index (χ2n) is 7.22. The monoisotopic (exact) mass is 461 g/mol. The van der Waals surface area contributed by atoms with E-state index in [4.69, 9.17) is 21.7 Å². The molecule has 0 spiro atoms. The minimum atomic E-state index is -1.61. The van der Waals surface area contributed by atoms with Crippen molar-refractivity contribution in [3.63, 3.8) is 0 Å². The van der Waals surface area contributed by atoms with Gasteiger partial charge in [0.25, 0.3) is 0 Å². The molecule has 0 aliphatic carbocycles. The molecule has 0 aromatic carbocycles. The number of rotatable bonds is 15. The van der Waals surface area contributed by atoms with E-state index in [0.29, 0.717) is 6.42 Å². The number of primary amides is 1. The highest BCUT2D eigenvalue weighted by atomic mass is 16.4. The van der Waals surface area contributed by atoms with Gasteiger partial charge in [-0.2, -0.15) is 0 Å². The number of nitrogens with one attached hydrogen (secondary N) is 3. The average molecular weight is 461 g/mol. The van der Waals surface area contributed by atoms with Gasteiger partial charge in [0.1, 0.15) is 24.2 Å². The first-order valence-corrected chi connectivity index (χ1v) is 9.84. The minimum absolute atomic E-state index is 0.270. The fraction of sp³-hybridized carbons (Fsp3) is 0.667. The second-order valence-corrected chi connectivity index (χ2v) is 7.22. The average Bonchev–Trinajstić information content (AvgIpc) is 2.71. The normalized spacial score (nSPS) is 15.4. The molecule has 5 atom stereocenters. The zero-order chi connectivity index (χ0) is 25.0. The zero-order valence-electron chi connectivity index (χ0n) is 17.9. The maximum atomic E-state index is 12.7. The molecule has 0 heterocycles. The third-order valence-electron chi connectivity index (χ3n) is 4.63. The Morgan fingerprint density at radius 2 is 1.47 bits per heavy atom. The third-order valence-corrected chi connectivity index (χ3v) is 4.63. The molecule has 0 bridgehead atoms. The second kappa shape index (κ2) is 13.9. The first kappa shape index (κ1) is 28.7. The Balaban J connectivity index is 5.54. The van der Waals surface area contributed by atoms with E-state index >= 15 is 0 Å². The summed E-state index contributed by atoms with van der Waals surface area (Å²) >= 11 is 0. The summed E-state index contributed by atoms with van der Waals surface area (Å²) in [6.07, 6.45) is -1.02. The number of hydrogen-bond donors (Lipinski definition) is 8. The Kier molecular flexibility index (Phi) is 12.5. The fourth-order valence-corrected chi connectivity index (χ4v) is 2.51. The first-order chi connectivity index (χ1) is 14.8. The molecule has 0 aliphatic rings. The number of nitrogens with two attached hydrogens (primary N) is 2. The maximum Gasteiger partial charge on any atom is 0.326 e. The van der Waals surface area contributed by atoms with E-state index in [-0.39, 0.29) is 12.8 Å². The Morgan fingerprint density at radius 3 is 1.91 bits per heavy atom. The van der Waals surface area contributed by atoms with E-state index in [2.05, 4.69) is 16.0 Å². The van der Waals surface area contributed by atoms with Gasteiger partial charge >= 0.3 is 11.9 Å². The molecule has 14 nitrogen and oxygen atoms in total. The maximum absolute atomic E-state index is 12.7. The van der Waals surface area contributed by atoms with Gasteiger partial charge in [0, 0.05) is 6.42 Å². The van der Waals surface area contributed by atoms with Crippen LogP contribution < -0.4 is 27.4 Å². The predicted octanol–water partition coefficient (Wildman–Crippen LogP) is -3.37. The highest BCUT2D eigenvalue weighted by molar-refractivity contribution is 5.95. The van der Waals surface area contributed by atoms with Crippen LogP contribution in [0.2, 0.25) is 0 Å². The minimum Gasteiger partial charge on any atom is -0.481 e. The highest BCUT2D eigenvalue weighted by Gasteiger charge is 2.33. The Labute approximate surface area is 184 Å². The molecule has 0 aromatic heterocycles. The van der Waals surface area contributed by atoms with Crippen LogP contribution in [-0.4, -0.2) is 81.7 Å². The van der Waals surface area contributed by atoms with E-state index < -0.39 is 78.7 Å². The lowest BCUT2D eigenvalue weighted by molar-refractivity contribution is -0.144. The number of carboxylic acids is 2. The van der Waals surface area contributed by atoms with Crippen LogP contribution in [0.25, 0.3) is 0 Å². The van der Waals surface area contributed by atoms with Gasteiger partial charge in [0.05, 0.1) is 13.0 Å². The van der Waals surface area contributed by atoms with Gasteiger partial charge < -0.3 is 42.7 Å². The molecule has 0 fully saturated rings. The van der Waals surface area contributed by atoms with Crippen LogP contribution >= 0.6 is 0 Å². The lowest BCUT2D eigenvalue weighted by atomic mass is 9.97. The molecule has 0 radical (unpaired) electrons. The van der Waals surface area contributed by atoms with E-state index in [9.17, 15) is 33.9 Å². The Hall–Kier alpha value is -3.26. The van der Waals surface area contributed by atoms with Gasteiger partial charge in [-0.05, 0) is 12.3 Å². The SMILES string of the molecule is CCC(C)C(NC(=O)C(CC(=O)O)NC(=O)C(N)CO)C(=O)NC(CCC(N)=O)C(=O)O. The van der Waals surface area contributed by atoms with Crippen molar-refractivity contribution in [2.45, 2.75) is 63.7 Å². The highest BCUT2D eigenvalue weighted by Crippen LogP contribution is 2.10. The summed E-state index contributed by atoms with van der Waals surface area (Å²) in [4.78, 5) is 70.6. The van der Waals surface area contributed by atoms with Crippen LogP contribution in [0.1, 0.15) is 39.5 Å². The first-order valence-electron chi connectivity index (χ1n) is 9.84. The Morgan fingerprint density at radius 1 is 0.906 bits per heavy atom. The van der Waals surface area contributed by atoms with E-state index in [0.717, 1.165) is 0 Å². The molecule has 5 unspecified atom stereocenters. The molecule has 182 valence electrons. The number of aliphatic hydroxyl groups is 1. The quantitative estimate of drug-likeness (QED) is 0.120. The van der Waals surface area contributed by atoms with E-state index in [1.54, 1.807) is 13.8 Å². The van der Waals surface area contributed by atoms with Gasteiger partial charge in [0.2, 0.25) is 23.6 Å². The van der Waals surface area contributed by atoms with Gasteiger partial charge in [-0.3, -0.25) is 24.0 Å². The number of hydrogen-bond acceptors (Lipinski definition) is 8. The molecule has 4 amide bonds. The van der Waals surface area contributed by atoms with Crippen molar-refractivity contribution in [2.24, 2.45) is 17.4 Å². The zero-order valence-corrected chi connectivity index (χ0v) is 17.9. The molecular weight excluding hydrogens is 430 g/mol. The van der Waals surface area contributed by atoms with Gasteiger partial charge in [-0.15, -0.1) is 0 Å². The standard InChI is InChI=1S/C18H31N5O9/c1-3-8(2)14(17(30)21-10(18(31)32)4-5-12(20)25)23-16(29)11(6-13(26)27)22-15(28)9(19)7-24/h8-11,14,24H,3-7,19H2,1-2H3,(H2,20,25)(H,21,30)(H,22,28)(H,23,29)(H,26,27)(H,31,32). The van der Waals surface area contributed by atoms with Crippen LogP contribution in [0.3, 0.4) is 0 Å². The predicted molar refractivity (Wildman–Crippen MR) is 109 cm³/mol. The molecule has 0 saturated carbocycles. The summed E-state index contributed by atoms with van der Waals surface area (Å²) in [5.74, 6) is -6.98. The molecule has 14 heteroatoms. The Bertz CT molecular complexity index is 715. The summed E-state index contributed by atoms with van der Waals surface area (Å²) in [5, 5.41) is 33.9.